The molecule has 0 fully saturated rings. The second kappa shape index (κ2) is 8.96. The molecule has 3 aromatic carbocycles. The number of hydrogen-bond donors (Lipinski definition) is 2. The molecule has 0 aliphatic rings. The molecule has 176 valence electrons. The van der Waals surface area contributed by atoms with E-state index in [0.29, 0.717) is 0 Å². The van der Waals surface area contributed by atoms with E-state index in [-0.39, 0.29) is 15.4 Å². The van der Waals surface area contributed by atoms with Crippen LogP contribution in [-0.2, 0) is 40.1 Å². The molecule has 0 saturated heterocycles. The second-order valence-electron chi connectivity index (χ2n) is 6.69. The lowest BCUT2D eigenvalue weighted by Crippen LogP contribution is -2.33. The highest BCUT2D eigenvalue weighted by Gasteiger charge is 2.31. The highest BCUT2D eigenvalue weighted by Crippen LogP contribution is 2.25. The average Bonchev–Trinajstić information content (AvgIpc) is 2.73. The maximum absolute atomic E-state index is 12.8. The Morgan fingerprint density at radius 3 is 1.12 bits per heavy atom. The first-order valence-corrected chi connectivity index (χ1v) is 15.0. The summed E-state index contributed by atoms with van der Waals surface area (Å²) in [5, 5.41) is 0. The Morgan fingerprint density at radius 1 is 0.455 bits per heavy atom. The van der Waals surface area contributed by atoms with Crippen molar-refractivity contribution in [3.63, 3.8) is 0 Å². The quantitative estimate of drug-likeness (QED) is 0.441. The van der Waals surface area contributed by atoms with Gasteiger partial charge in [0.1, 0.15) is 0 Å². The Balaban J connectivity index is 2.01. The summed E-state index contributed by atoms with van der Waals surface area (Å²) in [6, 6.07) is 16.5. The Morgan fingerprint density at radius 2 is 0.788 bits per heavy atom. The molecule has 10 nitrogen and oxygen atoms in total. The van der Waals surface area contributed by atoms with Crippen molar-refractivity contribution in [3.05, 3.63) is 84.4 Å². The van der Waals surface area contributed by atoms with Gasteiger partial charge >= 0.3 is 0 Å². The summed E-state index contributed by atoms with van der Waals surface area (Å²) in [6.45, 7) is 1.12. The van der Waals surface area contributed by atoms with Crippen molar-refractivity contribution < 1.29 is 33.7 Å². The lowest BCUT2D eigenvalue weighted by Gasteiger charge is -2.14. The van der Waals surface area contributed by atoms with Crippen molar-refractivity contribution in [3.8, 4) is 0 Å². The van der Waals surface area contributed by atoms with E-state index in [1.807, 2.05) is 0 Å². The summed E-state index contributed by atoms with van der Waals surface area (Å²) in [5.74, 6) is 0. The van der Waals surface area contributed by atoms with Gasteiger partial charge in [-0.15, -0.1) is 8.25 Å². The highest BCUT2D eigenvalue weighted by atomic mass is 32.3. The fourth-order valence-electron chi connectivity index (χ4n) is 2.85. The Kier molecular flexibility index (Phi) is 6.79. The first kappa shape index (κ1) is 25.0. The van der Waals surface area contributed by atoms with Crippen molar-refractivity contribution in [1.82, 2.24) is 8.25 Å². The number of sulfonamides is 4. The van der Waals surface area contributed by atoms with Gasteiger partial charge in [0, 0.05) is 0 Å². The van der Waals surface area contributed by atoms with Gasteiger partial charge in [-0.25, -0.2) is 33.7 Å². The number of nitrogens with one attached hydrogen (secondary N) is 2. The third-order valence-electron chi connectivity index (χ3n) is 4.36. The molecule has 3 aromatic rings. The molecule has 0 heterocycles. The van der Waals surface area contributed by atoms with Crippen molar-refractivity contribution in [2.75, 3.05) is 0 Å². The van der Waals surface area contributed by atoms with Crippen molar-refractivity contribution in [2.24, 2.45) is 0 Å². The molecular formula is C19H18N2O8S4. The van der Waals surface area contributed by atoms with Crippen LogP contribution in [-0.4, -0.2) is 33.7 Å². The van der Waals surface area contributed by atoms with Crippen molar-refractivity contribution >= 4 is 40.1 Å². The number of rotatable bonds is 8. The van der Waals surface area contributed by atoms with Gasteiger partial charge in [-0.1, -0.05) is 42.5 Å². The predicted octanol–water partition coefficient (Wildman–Crippen LogP) is 1.33. The van der Waals surface area contributed by atoms with Crippen LogP contribution in [0, 0.1) is 6.92 Å². The minimum absolute atomic E-state index is 0.314. The Bertz CT molecular complexity index is 1480. The van der Waals surface area contributed by atoms with Crippen LogP contribution >= 0.6 is 0 Å². The molecular weight excluding hydrogens is 512 g/mol. The van der Waals surface area contributed by atoms with E-state index in [2.05, 4.69) is 0 Å². The van der Waals surface area contributed by atoms with Gasteiger partial charge in [0.05, 0.1) is 19.6 Å². The zero-order valence-electron chi connectivity index (χ0n) is 16.9. The molecule has 0 aliphatic heterocycles. The van der Waals surface area contributed by atoms with E-state index in [9.17, 15) is 33.7 Å². The molecule has 2 N–H and O–H groups in total. The second-order valence-corrected chi connectivity index (χ2v) is 13.9. The molecule has 3 rings (SSSR count). The molecule has 0 bridgehead atoms. The van der Waals surface area contributed by atoms with Crippen molar-refractivity contribution in [2.45, 2.75) is 26.5 Å². The first-order valence-electron chi connectivity index (χ1n) is 9.03. The smallest absolute Gasteiger partial charge is 0.206 e. The van der Waals surface area contributed by atoms with Crippen LogP contribution in [0.5, 0.6) is 0 Å². The minimum atomic E-state index is -4.76. The zero-order chi connectivity index (χ0) is 24.5. The number of benzene rings is 3. The molecule has 0 aromatic heterocycles. The van der Waals surface area contributed by atoms with Gasteiger partial charge in [0.25, 0.3) is 40.1 Å². The van der Waals surface area contributed by atoms with Crippen LogP contribution in [0.15, 0.2) is 98.4 Å². The number of hydrogen-bond acceptors (Lipinski definition) is 8. The average molecular weight is 531 g/mol. The summed E-state index contributed by atoms with van der Waals surface area (Å²) < 4.78 is 104. The van der Waals surface area contributed by atoms with E-state index >= 15 is 0 Å². The lowest BCUT2D eigenvalue weighted by atomic mass is 10.2. The summed E-state index contributed by atoms with van der Waals surface area (Å²) in [7, 11) is -18.5. The molecule has 33 heavy (non-hydrogen) atoms. The van der Waals surface area contributed by atoms with Gasteiger partial charge in [-0.05, 0) is 48.9 Å². The van der Waals surface area contributed by atoms with Crippen LogP contribution in [0.25, 0.3) is 0 Å². The Labute approximate surface area is 192 Å². The molecule has 0 unspecified atom stereocenters. The summed E-state index contributed by atoms with van der Waals surface area (Å²) in [5.41, 5.74) is -0.371. The maximum Gasteiger partial charge on any atom is 0.254 e. The van der Waals surface area contributed by atoms with Gasteiger partial charge in [0.2, 0.25) is 0 Å². The van der Waals surface area contributed by atoms with E-state index in [1.165, 1.54) is 48.5 Å². The normalized spacial score (nSPS) is 13.0. The SMILES string of the molecule is Cc1c(S(=O)(=O)NS(=O)(=O)c2ccccc2)cccc1S(=O)(=O)NS(=O)(=O)c1ccccc1. The van der Waals surface area contributed by atoms with Crippen LogP contribution in [0.4, 0.5) is 0 Å². The van der Waals surface area contributed by atoms with E-state index in [1.54, 1.807) is 20.4 Å². The van der Waals surface area contributed by atoms with Crippen LogP contribution in [0.2, 0.25) is 0 Å². The third-order valence-corrected chi connectivity index (χ3v) is 11.7. The maximum atomic E-state index is 12.8. The van der Waals surface area contributed by atoms with Crippen LogP contribution in [0.1, 0.15) is 5.56 Å². The highest BCUT2D eigenvalue weighted by molar-refractivity contribution is 8.05. The molecule has 0 atom stereocenters. The summed E-state index contributed by atoms with van der Waals surface area (Å²) in [6.07, 6.45) is 0. The topological polar surface area (TPSA) is 161 Å². The third kappa shape index (κ3) is 5.48. The molecule has 0 aliphatic carbocycles. The standard InChI is InChI=1S/C19H18N2O8S4/c1-15-18(32(26,27)20-30(22,23)16-9-4-2-5-10-16)13-8-14-19(15)33(28,29)21-31(24,25)17-11-6-3-7-12-17/h2-14,20-21H,1H3. The van der Waals surface area contributed by atoms with Crippen LogP contribution in [0.3, 0.4) is 0 Å². The zero-order valence-corrected chi connectivity index (χ0v) is 20.2. The molecule has 14 heteroatoms. The molecule has 0 radical (unpaired) electrons. The van der Waals surface area contributed by atoms with Crippen molar-refractivity contribution in [1.29, 1.82) is 0 Å². The van der Waals surface area contributed by atoms with E-state index < -0.39 is 49.9 Å². The minimum Gasteiger partial charge on any atom is -0.206 e. The largest absolute Gasteiger partial charge is 0.254 e. The lowest BCUT2D eigenvalue weighted by molar-refractivity contribution is 0.575. The van der Waals surface area contributed by atoms with Gasteiger partial charge in [-0.3, -0.25) is 0 Å². The predicted molar refractivity (Wildman–Crippen MR) is 119 cm³/mol. The summed E-state index contributed by atoms with van der Waals surface area (Å²) in [4.78, 5) is -1.93. The Hall–Kier alpha value is -2.62. The molecule has 0 amide bonds. The van der Waals surface area contributed by atoms with Gasteiger partial charge in [0.15, 0.2) is 0 Å². The molecule has 0 spiro atoms. The monoisotopic (exact) mass is 530 g/mol. The van der Waals surface area contributed by atoms with Gasteiger partial charge in [-0.2, -0.15) is 0 Å². The van der Waals surface area contributed by atoms with E-state index in [4.69, 9.17) is 0 Å². The van der Waals surface area contributed by atoms with E-state index in [0.717, 1.165) is 25.1 Å². The fourth-order valence-corrected chi connectivity index (χ4v) is 9.29. The fraction of sp³-hybridized carbons (Fsp3) is 0.0526. The summed E-state index contributed by atoms with van der Waals surface area (Å²) >= 11 is 0. The van der Waals surface area contributed by atoms with Crippen LogP contribution < -0.4 is 8.25 Å². The first-order chi connectivity index (χ1) is 15.3. The van der Waals surface area contributed by atoms with Gasteiger partial charge < -0.3 is 0 Å². The molecule has 0 saturated carbocycles.